The van der Waals surface area contributed by atoms with Gasteiger partial charge in [-0.1, -0.05) is 53.6 Å². The third-order valence-corrected chi connectivity index (χ3v) is 5.67. The molecular formula is C24H27ClN4O2. The van der Waals surface area contributed by atoms with Crippen LogP contribution in [0.15, 0.2) is 59.2 Å². The second-order valence-electron chi connectivity index (χ2n) is 7.98. The lowest BCUT2D eigenvalue weighted by Crippen LogP contribution is -2.45. The zero-order valence-corrected chi connectivity index (χ0v) is 18.4. The number of aromatic nitrogens is 1. The lowest BCUT2D eigenvalue weighted by Gasteiger charge is -2.34. The zero-order valence-electron chi connectivity index (χ0n) is 17.7. The number of benzene rings is 2. The average Bonchev–Trinajstić information content (AvgIpc) is 3.22. The first-order chi connectivity index (χ1) is 15.0. The van der Waals surface area contributed by atoms with Crippen LogP contribution in [0.1, 0.15) is 33.1 Å². The van der Waals surface area contributed by atoms with Gasteiger partial charge in [0.05, 0.1) is 6.54 Å². The highest BCUT2D eigenvalue weighted by atomic mass is 35.5. The Bertz CT molecular complexity index is 1030. The SMILES string of the molecule is Cc1cccc(CNC(=O)c2coc(CN3CCN(Cc4cccc(Cl)c4)CC3)n2)c1. The highest BCUT2D eigenvalue weighted by Crippen LogP contribution is 2.15. The van der Waals surface area contributed by atoms with Crippen LogP contribution in [-0.4, -0.2) is 46.9 Å². The van der Waals surface area contributed by atoms with E-state index in [2.05, 4.69) is 32.2 Å². The van der Waals surface area contributed by atoms with Crippen molar-refractivity contribution in [1.82, 2.24) is 20.1 Å². The van der Waals surface area contributed by atoms with Gasteiger partial charge in [-0.15, -0.1) is 0 Å². The van der Waals surface area contributed by atoms with Gasteiger partial charge in [-0.25, -0.2) is 4.98 Å². The van der Waals surface area contributed by atoms with Crippen LogP contribution in [-0.2, 0) is 19.6 Å². The van der Waals surface area contributed by atoms with Gasteiger partial charge in [0, 0.05) is 44.3 Å². The molecule has 0 saturated carbocycles. The van der Waals surface area contributed by atoms with E-state index >= 15 is 0 Å². The number of piperazine rings is 1. The van der Waals surface area contributed by atoms with Gasteiger partial charge in [-0.2, -0.15) is 0 Å². The minimum absolute atomic E-state index is 0.220. The van der Waals surface area contributed by atoms with E-state index < -0.39 is 0 Å². The van der Waals surface area contributed by atoms with E-state index in [-0.39, 0.29) is 5.91 Å². The van der Waals surface area contributed by atoms with Crippen molar-refractivity contribution < 1.29 is 9.21 Å². The van der Waals surface area contributed by atoms with Crippen LogP contribution >= 0.6 is 11.6 Å². The molecule has 1 saturated heterocycles. The molecule has 31 heavy (non-hydrogen) atoms. The van der Waals surface area contributed by atoms with Crippen molar-refractivity contribution in [2.75, 3.05) is 26.2 Å². The Morgan fingerprint density at radius 2 is 1.74 bits per heavy atom. The molecule has 4 rings (SSSR count). The van der Waals surface area contributed by atoms with Gasteiger partial charge in [0.15, 0.2) is 5.69 Å². The summed E-state index contributed by atoms with van der Waals surface area (Å²) in [6, 6.07) is 16.1. The van der Waals surface area contributed by atoms with Crippen molar-refractivity contribution in [2.24, 2.45) is 0 Å². The Morgan fingerprint density at radius 1 is 1.03 bits per heavy atom. The number of oxazole rings is 1. The van der Waals surface area contributed by atoms with E-state index in [9.17, 15) is 4.79 Å². The predicted octanol–water partition coefficient (Wildman–Crippen LogP) is 3.88. The van der Waals surface area contributed by atoms with Crippen molar-refractivity contribution in [3.63, 3.8) is 0 Å². The van der Waals surface area contributed by atoms with Crippen LogP contribution in [0, 0.1) is 6.92 Å². The molecule has 3 aromatic rings. The second-order valence-corrected chi connectivity index (χ2v) is 8.42. The van der Waals surface area contributed by atoms with E-state index in [0.717, 1.165) is 43.3 Å². The molecule has 1 amide bonds. The number of aryl methyl sites for hydroxylation is 1. The van der Waals surface area contributed by atoms with Gasteiger partial charge >= 0.3 is 0 Å². The molecule has 0 aliphatic carbocycles. The Balaban J connectivity index is 1.23. The summed E-state index contributed by atoms with van der Waals surface area (Å²) in [5.41, 5.74) is 3.79. The fraction of sp³-hybridized carbons (Fsp3) is 0.333. The van der Waals surface area contributed by atoms with Crippen LogP contribution < -0.4 is 5.32 Å². The van der Waals surface area contributed by atoms with Crippen molar-refractivity contribution in [1.29, 1.82) is 0 Å². The number of hydrogen-bond acceptors (Lipinski definition) is 5. The molecule has 0 atom stereocenters. The molecule has 1 fully saturated rings. The number of carbonyl (C=O) groups is 1. The molecule has 2 heterocycles. The number of rotatable bonds is 7. The Labute approximate surface area is 187 Å². The summed E-state index contributed by atoms with van der Waals surface area (Å²) in [5.74, 6) is 0.354. The summed E-state index contributed by atoms with van der Waals surface area (Å²) in [4.78, 5) is 21.5. The second kappa shape index (κ2) is 10.1. The highest BCUT2D eigenvalue weighted by Gasteiger charge is 2.20. The van der Waals surface area contributed by atoms with E-state index in [1.54, 1.807) is 0 Å². The molecule has 0 bridgehead atoms. The normalized spacial score (nSPS) is 15.2. The number of hydrogen-bond donors (Lipinski definition) is 1. The molecular weight excluding hydrogens is 412 g/mol. The van der Waals surface area contributed by atoms with Crippen molar-refractivity contribution in [3.8, 4) is 0 Å². The third kappa shape index (κ3) is 6.17. The average molecular weight is 439 g/mol. The standard InChI is InChI=1S/C24H27ClN4O2/c1-18-4-2-5-19(12-18)14-26-24(30)22-17-31-23(27-22)16-29-10-8-28(9-11-29)15-20-6-3-7-21(25)13-20/h2-7,12-13,17H,8-11,14-16H2,1H3,(H,26,30). The lowest BCUT2D eigenvalue weighted by atomic mass is 10.1. The van der Waals surface area contributed by atoms with Gasteiger partial charge in [0.1, 0.15) is 6.26 Å². The van der Waals surface area contributed by atoms with Gasteiger partial charge in [0.25, 0.3) is 5.91 Å². The first-order valence-corrected chi connectivity index (χ1v) is 10.9. The van der Waals surface area contributed by atoms with Gasteiger partial charge < -0.3 is 9.73 Å². The number of amides is 1. The predicted molar refractivity (Wildman–Crippen MR) is 121 cm³/mol. The smallest absolute Gasteiger partial charge is 0.273 e. The summed E-state index contributed by atoms with van der Waals surface area (Å²) >= 11 is 6.08. The molecule has 7 heteroatoms. The quantitative estimate of drug-likeness (QED) is 0.606. The molecule has 2 aromatic carbocycles. The van der Waals surface area contributed by atoms with E-state index in [1.165, 1.54) is 17.4 Å². The van der Waals surface area contributed by atoms with E-state index in [0.29, 0.717) is 24.7 Å². The molecule has 1 aromatic heterocycles. The minimum Gasteiger partial charge on any atom is -0.447 e. The van der Waals surface area contributed by atoms with Crippen molar-refractivity contribution in [2.45, 2.75) is 26.6 Å². The summed E-state index contributed by atoms with van der Waals surface area (Å²) in [5, 5.41) is 3.68. The van der Waals surface area contributed by atoms with E-state index in [1.807, 2.05) is 43.3 Å². The maximum absolute atomic E-state index is 12.4. The van der Waals surface area contributed by atoms with Gasteiger partial charge in [-0.3, -0.25) is 14.6 Å². The number of halogens is 1. The fourth-order valence-electron chi connectivity index (χ4n) is 3.77. The molecule has 6 nitrogen and oxygen atoms in total. The first-order valence-electron chi connectivity index (χ1n) is 10.5. The Hall–Kier alpha value is -2.67. The molecule has 1 aliphatic heterocycles. The summed E-state index contributed by atoms with van der Waals surface area (Å²) < 4.78 is 5.55. The maximum Gasteiger partial charge on any atom is 0.273 e. The highest BCUT2D eigenvalue weighted by molar-refractivity contribution is 6.30. The Morgan fingerprint density at radius 3 is 2.48 bits per heavy atom. The maximum atomic E-state index is 12.4. The first kappa shape index (κ1) is 21.6. The zero-order chi connectivity index (χ0) is 21.6. The number of nitrogens with one attached hydrogen (secondary N) is 1. The molecule has 0 radical (unpaired) electrons. The lowest BCUT2D eigenvalue weighted by molar-refractivity contribution is 0.0945. The van der Waals surface area contributed by atoms with Crippen LogP contribution in [0.3, 0.4) is 0 Å². The third-order valence-electron chi connectivity index (χ3n) is 5.44. The summed E-state index contributed by atoms with van der Waals surface area (Å²) in [6.45, 7) is 7.81. The van der Waals surface area contributed by atoms with Gasteiger partial charge in [0.2, 0.25) is 5.89 Å². The molecule has 0 unspecified atom stereocenters. The molecule has 162 valence electrons. The van der Waals surface area contributed by atoms with Crippen LogP contribution in [0.2, 0.25) is 5.02 Å². The van der Waals surface area contributed by atoms with Crippen molar-refractivity contribution >= 4 is 17.5 Å². The number of carbonyl (C=O) groups excluding carboxylic acids is 1. The molecule has 0 spiro atoms. The fourth-order valence-corrected chi connectivity index (χ4v) is 3.99. The molecule has 1 aliphatic rings. The largest absolute Gasteiger partial charge is 0.447 e. The minimum atomic E-state index is -0.220. The number of nitrogens with zero attached hydrogens (tertiary/aromatic N) is 3. The Kier molecular flexibility index (Phi) is 7.02. The van der Waals surface area contributed by atoms with Crippen LogP contribution in [0.4, 0.5) is 0 Å². The summed E-state index contributed by atoms with van der Waals surface area (Å²) in [6.07, 6.45) is 1.44. The van der Waals surface area contributed by atoms with E-state index in [4.69, 9.17) is 16.0 Å². The summed E-state index contributed by atoms with van der Waals surface area (Å²) in [7, 11) is 0. The monoisotopic (exact) mass is 438 g/mol. The van der Waals surface area contributed by atoms with Crippen LogP contribution in [0.25, 0.3) is 0 Å². The van der Waals surface area contributed by atoms with Crippen LogP contribution in [0.5, 0.6) is 0 Å². The topological polar surface area (TPSA) is 61.6 Å². The van der Waals surface area contributed by atoms with Gasteiger partial charge in [-0.05, 0) is 30.2 Å². The molecule has 1 N–H and O–H groups in total. The van der Waals surface area contributed by atoms with Crippen molar-refractivity contribution in [3.05, 3.63) is 88.1 Å².